The van der Waals surface area contributed by atoms with Crippen molar-refractivity contribution in [2.75, 3.05) is 23.4 Å². The maximum absolute atomic E-state index is 9.65. The summed E-state index contributed by atoms with van der Waals surface area (Å²) in [6.45, 7) is 2.84. The van der Waals surface area contributed by atoms with Crippen molar-refractivity contribution in [2.45, 2.75) is 19.4 Å². The Morgan fingerprint density at radius 1 is 1.50 bits per heavy atom. The molecule has 2 unspecified atom stereocenters. The topological polar surface area (TPSA) is 32.3 Å². The molecule has 2 nitrogen and oxygen atoms in total. The number of hydrogen-bond donors (Lipinski definition) is 2. The van der Waals surface area contributed by atoms with Crippen LogP contribution in [0.15, 0.2) is 24.3 Å². The zero-order chi connectivity index (χ0) is 11.4. The van der Waals surface area contributed by atoms with Crippen LogP contribution >= 0.6 is 11.8 Å². The number of rotatable bonds is 4. The normalized spacial score (nSPS) is 22.0. The van der Waals surface area contributed by atoms with Crippen molar-refractivity contribution in [3.8, 4) is 0 Å². The minimum Gasteiger partial charge on any atom is -0.389 e. The van der Waals surface area contributed by atoms with E-state index in [9.17, 15) is 5.11 Å². The lowest BCUT2D eigenvalue weighted by Gasteiger charge is -2.16. The third kappa shape index (κ3) is 2.92. The van der Waals surface area contributed by atoms with Crippen LogP contribution < -0.4 is 5.32 Å². The number of aliphatic hydroxyl groups is 1. The lowest BCUT2D eigenvalue weighted by atomic mass is 10.1. The van der Waals surface area contributed by atoms with Crippen molar-refractivity contribution < 1.29 is 5.11 Å². The third-order valence-electron chi connectivity index (χ3n) is 3.02. The van der Waals surface area contributed by atoms with E-state index in [1.54, 1.807) is 0 Å². The summed E-state index contributed by atoms with van der Waals surface area (Å²) in [7, 11) is 0. The first-order valence-electron chi connectivity index (χ1n) is 5.86. The van der Waals surface area contributed by atoms with Gasteiger partial charge in [0.15, 0.2) is 0 Å². The van der Waals surface area contributed by atoms with Crippen molar-refractivity contribution in [3.63, 3.8) is 0 Å². The standard InChI is InChI=1S/C13H19NOS/c1-10(15)12-4-2-3-5-13(12)14-8-11-6-7-16-9-11/h2-5,10-11,14-15H,6-9H2,1H3. The Hall–Kier alpha value is -0.670. The van der Waals surface area contributed by atoms with E-state index >= 15 is 0 Å². The fourth-order valence-corrected chi connectivity index (χ4v) is 3.31. The van der Waals surface area contributed by atoms with Crippen molar-refractivity contribution >= 4 is 17.4 Å². The maximum Gasteiger partial charge on any atom is 0.0781 e. The van der Waals surface area contributed by atoms with Crippen LogP contribution in [-0.2, 0) is 0 Å². The molecule has 0 aliphatic carbocycles. The van der Waals surface area contributed by atoms with E-state index in [-0.39, 0.29) is 0 Å². The summed E-state index contributed by atoms with van der Waals surface area (Å²) in [5.74, 6) is 3.35. The van der Waals surface area contributed by atoms with Crippen LogP contribution in [0.3, 0.4) is 0 Å². The Balaban J connectivity index is 1.97. The van der Waals surface area contributed by atoms with Gasteiger partial charge in [0.25, 0.3) is 0 Å². The van der Waals surface area contributed by atoms with E-state index in [0.29, 0.717) is 0 Å². The largest absolute Gasteiger partial charge is 0.389 e. The molecule has 1 aliphatic rings. The fraction of sp³-hybridized carbons (Fsp3) is 0.538. The van der Waals surface area contributed by atoms with Gasteiger partial charge in [0.2, 0.25) is 0 Å². The fourth-order valence-electron chi connectivity index (χ4n) is 2.02. The number of benzene rings is 1. The summed E-state index contributed by atoms with van der Waals surface area (Å²) in [6, 6.07) is 8.01. The summed E-state index contributed by atoms with van der Waals surface area (Å²) in [4.78, 5) is 0. The van der Waals surface area contributed by atoms with Crippen LogP contribution in [0, 0.1) is 5.92 Å². The molecule has 3 heteroatoms. The maximum atomic E-state index is 9.65. The van der Waals surface area contributed by atoms with Gasteiger partial charge in [-0.25, -0.2) is 0 Å². The highest BCUT2D eigenvalue weighted by atomic mass is 32.2. The molecule has 0 saturated carbocycles. The third-order valence-corrected chi connectivity index (χ3v) is 4.25. The molecule has 1 aliphatic heterocycles. The molecule has 2 atom stereocenters. The predicted molar refractivity (Wildman–Crippen MR) is 71.0 cm³/mol. The minimum atomic E-state index is -0.401. The molecule has 16 heavy (non-hydrogen) atoms. The van der Waals surface area contributed by atoms with Crippen molar-refractivity contribution in [1.29, 1.82) is 0 Å². The molecule has 2 N–H and O–H groups in total. The molecule has 0 aromatic heterocycles. The molecule has 1 saturated heterocycles. The summed E-state index contributed by atoms with van der Waals surface area (Å²) in [6.07, 6.45) is 0.913. The summed E-state index contributed by atoms with van der Waals surface area (Å²) in [5.41, 5.74) is 2.07. The van der Waals surface area contributed by atoms with Crippen LogP contribution in [0.4, 0.5) is 5.69 Å². The van der Waals surface area contributed by atoms with Crippen LogP contribution in [0.1, 0.15) is 25.0 Å². The molecule has 2 rings (SSSR count). The molecule has 0 spiro atoms. The van der Waals surface area contributed by atoms with Gasteiger partial charge >= 0.3 is 0 Å². The zero-order valence-electron chi connectivity index (χ0n) is 9.65. The first-order valence-corrected chi connectivity index (χ1v) is 7.01. The number of anilines is 1. The van der Waals surface area contributed by atoms with Gasteiger partial charge in [-0.3, -0.25) is 0 Å². The Morgan fingerprint density at radius 3 is 3.00 bits per heavy atom. The molecule has 88 valence electrons. The van der Waals surface area contributed by atoms with Crippen LogP contribution in [0.5, 0.6) is 0 Å². The first-order chi connectivity index (χ1) is 7.77. The van der Waals surface area contributed by atoms with E-state index in [1.165, 1.54) is 17.9 Å². The number of aliphatic hydroxyl groups excluding tert-OH is 1. The smallest absolute Gasteiger partial charge is 0.0781 e. The highest BCUT2D eigenvalue weighted by Gasteiger charge is 2.15. The lowest BCUT2D eigenvalue weighted by Crippen LogP contribution is -2.14. The molecule has 1 aromatic carbocycles. The van der Waals surface area contributed by atoms with Crippen LogP contribution in [-0.4, -0.2) is 23.2 Å². The molecule has 1 fully saturated rings. The van der Waals surface area contributed by atoms with E-state index < -0.39 is 6.10 Å². The molecular formula is C13H19NOS. The molecule has 1 aromatic rings. The average molecular weight is 237 g/mol. The predicted octanol–water partition coefficient (Wildman–Crippen LogP) is 2.90. The SMILES string of the molecule is CC(O)c1ccccc1NCC1CCSC1. The first kappa shape index (κ1) is 11.8. The van der Waals surface area contributed by atoms with Gasteiger partial charge in [0, 0.05) is 17.8 Å². The summed E-state index contributed by atoms with van der Waals surface area (Å²) >= 11 is 2.04. The molecule has 1 heterocycles. The number of hydrogen-bond acceptors (Lipinski definition) is 3. The van der Waals surface area contributed by atoms with Gasteiger partial charge in [-0.2, -0.15) is 11.8 Å². The van der Waals surface area contributed by atoms with Gasteiger partial charge < -0.3 is 10.4 Å². The number of nitrogens with one attached hydrogen (secondary N) is 1. The van der Waals surface area contributed by atoms with Gasteiger partial charge in [-0.15, -0.1) is 0 Å². The van der Waals surface area contributed by atoms with Gasteiger partial charge in [0.1, 0.15) is 0 Å². The zero-order valence-corrected chi connectivity index (χ0v) is 10.5. The van der Waals surface area contributed by atoms with E-state index in [2.05, 4.69) is 5.32 Å². The quantitative estimate of drug-likeness (QED) is 0.844. The highest BCUT2D eigenvalue weighted by molar-refractivity contribution is 7.99. The van der Waals surface area contributed by atoms with E-state index in [4.69, 9.17) is 0 Å². The number of para-hydroxylation sites is 1. The minimum absolute atomic E-state index is 0.401. The van der Waals surface area contributed by atoms with Gasteiger partial charge in [-0.05, 0) is 36.8 Å². The monoisotopic (exact) mass is 237 g/mol. The second-order valence-electron chi connectivity index (χ2n) is 4.37. The van der Waals surface area contributed by atoms with Crippen molar-refractivity contribution in [3.05, 3.63) is 29.8 Å². The second kappa shape index (κ2) is 5.60. The lowest BCUT2D eigenvalue weighted by molar-refractivity contribution is 0.200. The molecule has 0 radical (unpaired) electrons. The van der Waals surface area contributed by atoms with Gasteiger partial charge in [-0.1, -0.05) is 18.2 Å². The highest BCUT2D eigenvalue weighted by Crippen LogP contribution is 2.26. The van der Waals surface area contributed by atoms with Crippen molar-refractivity contribution in [1.82, 2.24) is 0 Å². The molecule has 0 amide bonds. The summed E-state index contributed by atoms with van der Waals surface area (Å²) < 4.78 is 0. The Labute approximate surface area is 101 Å². The molecular weight excluding hydrogens is 218 g/mol. The van der Waals surface area contributed by atoms with E-state index in [1.807, 2.05) is 43.0 Å². The Morgan fingerprint density at radius 2 is 2.31 bits per heavy atom. The molecule has 0 bridgehead atoms. The van der Waals surface area contributed by atoms with Crippen molar-refractivity contribution in [2.24, 2.45) is 5.92 Å². The van der Waals surface area contributed by atoms with Crippen LogP contribution in [0.25, 0.3) is 0 Å². The second-order valence-corrected chi connectivity index (χ2v) is 5.52. The average Bonchev–Trinajstić information content (AvgIpc) is 2.79. The van der Waals surface area contributed by atoms with Gasteiger partial charge in [0.05, 0.1) is 6.10 Å². The van der Waals surface area contributed by atoms with E-state index in [0.717, 1.165) is 23.7 Å². The summed E-state index contributed by atoms with van der Waals surface area (Å²) in [5, 5.41) is 13.1. The van der Waals surface area contributed by atoms with Crippen LogP contribution in [0.2, 0.25) is 0 Å². The Bertz CT molecular complexity index is 334. The number of thioether (sulfide) groups is 1. The Kier molecular flexibility index (Phi) is 4.13.